The highest BCUT2D eigenvalue weighted by Crippen LogP contribution is 2.46. The van der Waals surface area contributed by atoms with Gasteiger partial charge in [-0.3, -0.25) is 0 Å². The summed E-state index contributed by atoms with van der Waals surface area (Å²) in [6.45, 7) is 4.30. The number of benzene rings is 10. The van der Waals surface area contributed by atoms with E-state index in [1.54, 1.807) is 0 Å². The largest absolute Gasteiger partial charge is 0.355 e. The second kappa shape index (κ2) is 14.2. The maximum absolute atomic E-state index is 3.58. The Morgan fingerprint density at radius 3 is 1.12 bits per heavy atom. The number of hydrogen-bond acceptors (Lipinski definition) is 0. The van der Waals surface area contributed by atoms with Crippen molar-refractivity contribution in [1.29, 1.82) is 0 Å². The Hall–Kier alpha value is -7.48. The van der Waals surface area contributed by atoms with Crippen molar-refractivity contribution < 1.29 is 0 Å². The first-order valence-corrected chi connectivity index (χ1v) is 20.5. The van der Waals surface area contributed by atoms with E-state index >= 15 is 0 Å². The molecule has 59 heavy (non-hydrogen) atoms. The highest BCUT2D eigenvalue weighted by molar-refractivity contribution is 6.22. The van der Waals surface area contributed by atoms with Crippen LogP contribution < -0.4 is 0 Å². The van der Waals surface area contributed by atoms with Crippen LogP contribution in [0.15, 0.2) is 206 Å². The first-order chi connectivity index (χ1) is 29.0. The summed E-state index contributed by atoms with van der Waals surface area (Å²) in [5, 5.41) is 7.47. The van der Waals surface area contributed by atoms with Crippen molar-refractivity contribution in [1.82, 2.24) is 4.98 Å². The van der Waals surface area contributed by atoms with Gasteiger partial charge in [0.25, 0.3) is 0 Å². The Morgan fingerprint density at radius 2 is 0.593 bits per heavy atom. The summed E-state index contributed by atoms with van der Waals surface area (Å²) in [5.74, 6) is 0. The number of aromatic nitrogens is 1. The molecular weight excluding hydrogens is 711 g/mol. The summed E-state index contributed by atoms with van der Waals surface area (Å²) in [4.78, 5) is 3.58. The molecule has 0 bridgehead atoms. The first-order valence-electron chi connectivity index (χ1n) is 20.5. The van der Waals surface area contributed by atoms with Gasteiger partial charge in [-0.25, -0.2) is 0 Å². The molecule has 1 nitrogen and oxygen atoms in total. The van der Waals surface area contributed by atoms with Crippen LogP contribution >= 0.6 is 0 Å². The minimum absolute atomic E-state index is 1.16. The Bertz CT molecular complexity index is 3330. The van der Waals surface area contributed by atoms with Gasteiger partial charge in [0.2, 0.25) is 0 Å². The summed E-state index contributed by atoms with van der Waals surface area (Å²) < 4.78 is 0. The van der Waals surface area contributed by atoms with Gasteiger partial charge in [-0.2, -0.15) is 0 Å². The zero-order chi connectivity index (χ0) is 39.5. The molecule has 11 aromatic rings. The lowest BCUT2D eigenvalue weighted by Crippen LogP contribution is -1.93. The number of nitrogens with one attached hydrogen (secondary N) is 1. The highest BCUT2D eigenvalue weighted by atomic mass is 14.7. The lowest BCUT2D eigenvalue weighted by atomic mass is 9.83. The Kier molecular flexibility index (Phi) is 8.34. The molecule has 0 saturated carbocycles. The molecule has 0 aliphatic carbocycles. The number of para-hydroxylation sites is 1. The van der Waals surface area contributed by atoms with Gasteiger partial charge in [0.15, 0.2) is 0 Å². The van der Waals surface area contributed by atoms with E-state index in [0.29, 0.717) is 0 Å². The number of H-pyrrole nitrogens is 1. The van der Waals surface area contributed by atoms with Crippen LogP contribution in [-0.2, 0) is 0 Å². The van der Waals surface area contributed by atoms with E-state index in [9.17, 15) is 0 Å². The molecule has 0 atom stereocenters. The van der Waals surface area contributed by atoms with Crippen molar-refractivity contribution in [3.05, 3.63) is 217 Å². The molecule has 1 heteroatoms. The quantitative estimate of drug-likeness (QED) is 0.163. The predicted octanol–water partition coefficient (Wildman–Crippen LogP) is 16.2. The molecule has 0 fully saturated rings. The van der Waals surface area contributed by atoms with Crippen LogP contribution in [0.4, 0.5) is 0 Å². The lowest BCUT2D eigenvalue weighted by molar-refractivity contribution is 1.47. The monoisotopic (exact) mass is 751 g/mol. The maximum atomic E-state index is 3.58. The molecule has 11 rings (SSSR count). The van der Waals surface area contributed by atoms with Crippen LogP contribution in [-0.4, -0.2) is 4.98 Å². The maximum Gasteiger partial charge on any atom is 0.0465 e. The smallest absolute Gasteiger partial charge is 0.0465 e. The van der Waals surface area contributed by atoms with E-state index in [2.05, 4.69) is 225 Å². The van der Waals surface area contributed by atoms with E-state index in [1.165, 1.54) is 116 Å². The van der Waals surface area contributed by atoms with Crippen molar-refractivity contribution in [2.75, 3.05) is 0 Å². The van der Waals surface area contributed by atoms with Crippen LogP contribution in [0.2, 0.25) is 0 Å². The predicted molar refractivity (Wildman–Crippen MR) is 253 cm³/mol. The SMILES string of the molecule is Cc1ccc(-c2ccc3c(-c4ccc(-c5ccc6[nH]c7ccccc7c6c5)cc4)c4cc(-c5ccc(C)cc5)ccc4c(-c4ccc(-c5ccccc5)cc4)c3c2)cc1. The third-order valence-electron chi connectivity index (χ3n) is 12.2. The second-order valence-corrected chi connectivity index (χ2v) is 16.0. The zero-order valence-electron chi connectivity index (χ0n) is 33.1. The topological polar surface area (TPSA) is 15.8 Å². The van der Waals surface area contributed by atoms with E-state index < -0.39 is 0 Å². The Morgan fingerprint density at radius 1 is 0.237 bits per heavy atom. The third-order valence-corrected chi connectivity index (χ3v) is 12.2. The molecule has 0 unspecified atom stereocenters. The van der Waals surface area contributed by atoms with Crippen molar-refractivity contribution in [3.8, 4) is 66.8 Å². The van der Waals surface area contributed by atoms with E-state index in [1.807, 2.05) is 0 Å². The van der Waals surface area contributed by atoms with E-state index in [-0.39, 0.29) is 0 Å². The summed E-state index contributed by atoms with van der Waals surface area (Å²) in [7, 11) is 0. The number of fused-ring (bicyclic) bond motifs is 5. The average molecular weight is 752 g/mol. The van der Waals surface area contributed by atoms with Gasteiger partial charge in [0, 0.05) is 21.8 Å². The minimum atomic E-state index is 1.16. The molecule has 0 aliphatic rings. The van der Waals surface area contributed by atoms with Crippen LogP contribution in [0.25, 0.3) is 110 Å². The molecule has 0 amide bonds. The van der Waals surface area contributed by atoms with Crippen molar-refractivity contribution in [2.45, 2.75) is 13.8 Å². The van der Waals surface area contributed by atoms with Gasteiger partial charge in [-0.15, -0.1) is 0 Å². The summed E-state index contributed by atoms with van der Waals surface area (Å²) in [6, 6.07) is 76.3. The number of hydrogen-bond donors (Lipinski definition) is 1. The molecule has 278 valence electrons. The number of aromatic amines is 1. The zero-order valence-corrected chi connectivity index (χ0v) is 33.1. The van der Waals surface area contributed by atoms with Crippen LogP contribution in [0.5, 0.6) is 0 Å². The van der Waals surface area contributed by atoms with Gasteiger partial charge in [0.1, 0.15) is 0 Å². The Labute approximate surface area is 344 Å². The lowest BCUT2D eigenvalue weighted by Gasteiger charge is -2.20. The molecule has 1 aromatic heterocycles. The molecule has 0 saturated heterocycles. The van der Waals surface area contributed by atoms with Crippen LogP contribution in [0.1, 0.15) is 11.1 Å². The molecule has 10 aromatic carbocycles. The molecule has 1 N–H and O–H groups in total. The van der Waals surface area contributed by atoms with Gasteiger partial charge in [-0.05, 0) is 132 Å². The van der Waals surface area contributed by atoms with E-state index in [4.69, 9.17) is 0 Å². The molecule has 1 heterocycles. The highest BCUT2D eigenvalue weighted by Gasteiger charge is 2.19. The van der Waals surface area contributed by atoms with Gasteiger partial charge in [0.05, 0.1) is 0 Å². The summed E-state index contributed by atoms with van der Waals surface area (Å²) in [5.41, 5.74) is 19.5. The Balaban J connectivity index is 1.15. The minimum Gasteiger partial charge on any atom is -0.355 e. The normalized spacial score (nSPS) is 11.6. The number of aryl methyl sites for hydroxylation is 2. The number of rotatable bonds is 6. The summed E-state index contributed by atoms with van der Waals surface area (Å²) in [6.07, 6.45) is 0. The van der Waals surface area contributed by atoms with E-state index in [0.717, 1.165) is 5.52 Å². The molecule has 0 radical (unpaired) electrons. The fraction of sp³-hybridized carbons (Fsp3) is 0.0345. The van der Waals surface area contributed by atoms with Crippen LogP contribution in [0.3, 0.4) is 0 Å². The third kappa shape index (κ3) is 6.20. The van der Waals surface area contributed by atoms with Crippen molar-refractivity contribution in [3.63, 3.8) is 0 Å². The standard InChI is InChI=1S/C58H41N/c1-37-12-16-41(17-13-37)46-29-32-51-53(35-46)57(44-24-20-40(21-25-44)39-8-4-3-5-9-39)50-31-28-47(42-18-14-38(2)15-19-42)36-54(50)58(51)45-26-22-43(23-27-45)48-30-33-56-52(34-48)49-10-6-7-11-55(49)59-56/h3-36,59H,1-2H3. The fourth-order valence-corrected chi connectivity index (χ4v) is 9.02. The molecular formula is C58H41N. The summed E-state index contributed by atoms with van der Waals surface area (Å²) >= 11 is 0. The average Bonchev–Trinajstić information content (AvgIpc) is 3.67. The van der Waals surface area contributed by atoms with Gasteiger partial charge in [-0.1, -0.05) is 187 Å². The van der Waals surface area contributed by atoms with Gasteiger partial charge >= 0.3 is 0 Å². The molecule has 0 spiro atoms. The second-order valence-electron chi connectivity index (χ2n) is 16.0. The fourth-order valence-electron chi connectivity index (χ4n) is 9.02. The molecule has 0 aliphatic heterocycles. The van der Waals surface area contributed by atoms with Crippen molar-refractivity contribution >= 4 is 43.4 Å². The van der Waals surface area contributed by atoms with Crippen LogP contribution in [0, 0.1) is 13.8 Å². The van der Waals surface area contributed by atoms with Crippen molar-refractivity contribution in [2.24, 2.45) is 0 Å². The first kappa shape index (κ1) is 34.7. The van der Waals surface area contributed by atoms with Gasteiger partial charge < -0.3 is 4.98 Å².